The summed E-state index contributed by atoms with van der Waals surface area (Å²) in [6.45, 7) is 0. The first-order valence-corrected chi connectivity index (χ1v) is 7.68. The van der Waals surface area contributed by atoms with Crippen LogP contribution in [0.1, 0.15) is 51.4 Å². The van der Waals surface area contributed by atoms with Crippen LogP contribution >= 0.6 is 11.8 Å². The second-order valence-electron chi connectivity index (χ2n) is 5.58. The fourth-order valence-electron chi connectivity index (χ4n) is 3.87. The Hall–Kier alpha value is 0.310. The largest absolute Gasteiger partial charge is 0.298 e. The molecule has 1 nitrogen and oxygen atoms in total. The van der Waals surface area contributed by atoms with E-state index in [0.29, 0.717) is 0 Å². The molecule has 3 aliphatic rings. The van der Waals surface area contributed by atoms with Gasteiger partial charge in [-0.2, -0.15) is 11.8 Å². The van der Waals surface area contributed by atoms with E-state index in [9.17, 15) is 0 Å². The molecule has 0 amide bonds. The minimum atomic E-state index is 0.920. The molecule has 1 aliphatic heterocycles. The van der Waals surface area contributed by atoms with Crippen molar-refractivity contribution in [1.29, 1.82) is 0 Å². The normalized spacial score (nSPS) is 47.0. The Labute approximate surface area is 98.0 Å². The van der Waals surface area contributed by atoms with Gasteiger partial charge in [0.15, 0.2) is 0 Å². The first-order valence-electron chi connectivity index (χ1n) is 6.73. The third kappa shape index (κ3) is 1.84. The summed E-state index contributed by atoms with van der Waals surface area (Å²) >= 11 is 2.36. The zero-order chi connectivity index (χ0) is 10.3. The molecule has 1 heterocycles. The molecule has 2 aliphatic carbocycles. The summed E-state index contributed by atoms with van der Waals surface area (Å²) in [6, 6.07) is 1.84. The summed E-state index contributed by atoms with van der Waals surface area (Å²) in [5.74, 6) is 0. The molecule has 0 aromatic heterocycles. The van der Waals surface area contributed by atoms with Gasteiger partial charge in [0.1, 0.15) is 0 Å². The van der Waals surface area contributed by atoms with Crippen molar-refractivity contribution in [2.75, 3.05) is 7.05 Å². The van der Waals surface area contributed by atoms with E-state index in [4.69, 9.17) is 0 Å². The van der Waals surface area contributed by atoms with E-state index in [0.717, 1.165) is 22.6 Å². The molecular formula is C13H23NS. The molecule has 0 radical (unpaired) electrons. The highest BCUT2D eigenvalue weighted by Crippen LogP contribution is 2.45. The van der Waals surface area contributed by atoms with Gasteiger partial charge >= 0.3 is 0 Å². The Morgan fingerprint density at radius 2 is 1.27 bits per heavy atom. The van der Waals surface area contributed by atoms with E-state index in [1.54, 1.807) is 0 Å². The Balaban J connectivity index is 1.76. The molecule has 15 heavy (non-hydrogen) atoms. The second kappa shape index (κ2) is 4.29. The molecule has 3 fully saturated rings. The number of rotatable bonds is 0. The smallest absolute Gasteiger partial charge is 0.0215 e. The molecule has 2 heteroatoms. The summed E-state index contributed by atoms with van der Waals surface area (Å²) in [5, 5.41) is 1.95. The van der Waals surface area contributed by atoms with Gasteiger partial charge in [-0.15, -0.1) is 0 Å². The maximum Gasteiger partial charge on any atom is 0.0215 e. The summed E-state index contributed by atoms with van der Waals surface area (Å²) in [5.41, 5.74) is 0. The van der Waals surface area contributed by atoms with Gasteiger partial charge in [-0.3, -0.25) is 4.90 Å². The highest BCUT2D eigenvalue weighted by Gasteiger charge is 2.42. The standard InChI is InChI=1S/C13H23NS/c1-14-10-6-2-4-8-12(10)15-13-9-5-3-7-11(13)14/h10-13H,2-9H2,1H3/t10?,11?,12-,13+. The highest BCUT2D eigenvalue weighted by atomic mass is 32.2. The van der Waals surface area contributed by atoms with Gasteiger partial charge in [0.2, 0.25) is 0 Å². The highest BCUT2D eigenvalue weighted by molar-refractivity contribution is 8.00. The molecule has 86 valence electrons. The van der Waals surface area contributed by atoms with E-state index < -0.39 is 0 Å². The Bertz CT molecular complexity index is 209. The van der Waals surface area contributed by atoms with Crippen molar-refractivity contribution < 1.29 is 0 Å². The van der Waals surface area contributed by atoms with Gasteiger partial charge in [0.25, 0.3) is 0 Å². The maximum atomic E-state index is 2.77. The van der Waals surface area contributed by atoms with E-state index in [-0.39, 0.29) is 0 Å². The Morgan fingerprint density at radius 3 is 1.80 bits per heavy atom. The summed E-state index contributed by atoms with van der Waals surface area (Å²) in [4.78, 5) is 2.77. The van der Waals surface area contributed by atoms with Crippen molar-refractivity contribution >= 4 is 11.8 Å². The van der Waals surface area contributed by atoms with Gasteiger partial charge in [-0.1, -0.05) is 25.7 Å². The minimum Gasteiger partial charge on any atom is -0.298 e. The van der Waals surface area contributed by atoms with Crippen LogP contribution in [0.25, 0.3) is 0 Å². The lowest BCUT2D eigenvalue weighted by atomic mass is 9.88. The van der Waals surface area contributed by atoms with Crippen molar-refractivity contribution in [3.8, 4) is 0 Å². The summed E-state index contributed by atoms with van der Waals surface area (Å²) in [6.07, 6.45) is 11.8. The predicted molar refractivity (Wildman–Crippen MR) is 67.4 cm³/mol. The van der Waals surface area contributed by atoms with Crippen molar-refractivity contribution in [2.45, 2.75) is 74.0 Å². The molecule has 1 saturated heterocycles. The lowest BCUT2D eigenvalue weighted by Gasteiger charge is -2.51. The molecule has 2 saturated carbocycles. The summed E-state index contributed by atoms with van der Waals surface area (Å²) in [7, 11) is 2.41. The van der Waals surface area contributed by atoms with Gasteiger partial charge < -0.3 is 0 Å². The fourth-order valence-corrected chi connectivity index (χ4v) is 5.95. The van der Waals surface area contributed by atoms with Gasteiger partial charge in [-0.25, -0.2) is 0 Å². The van der Waals surface area contributed by atoms with Gasteiger partial charge in [-0.05, 0) is 32.7 Å². The van der Waals surface area contributed by atoms with Crippen LogP contribution in [0.5, 0.6) is 0 Å². The molecule has 0 aromatic carbocycles. The van der Waals surface area contributed by atoms with Crippen molar-refractivity contribution in [3.63, 3.8) is 0 Å². The molecule has 0 bridgehead atoms. The van der Waals surface area contributed by atoms with Gasteiger partial charge in [0, 0.05) is 22.6 Å². The minimum absolute atomic E-state index is 0.920. The zero-order valence-electron chi connectivity index (χ0n) is 9.82. The van der Waals surface area contributed by atoms with Crippen molar-refractivity contribution in [2.24, 2.45) is 0 Å². The number of hydrogen-bond acceptors (Lipinski definition) is 2. The third-order valence-corrected chi connectivity index (χ3v) is 6.53. The van der Waals surface area contributed by atoms with E-state index in [1.165, 1.54) is 51.4 Å². The van der Waals surface area contributed by atoms with Crippen LogP contribution in [-0.2, 0) is 0 Å². The van der Waals surface area contributed by atoms with E-state index in [1.807, 2.05) is 0 Å². The SMILES string of the molecule is CN1C2CCCC[C@@H]2S[C@@H]2CCCCC21. The first kappa shape index (κ1) is 10.5. The van der Waals surface area contributed by atoms with Crippen LogP contribution < -0.4 is 0 Å². The lowest BCUT2D eigenvalue weighted by molar-refractivity contribution is 0.107. The van der Waals surface area contributed by atoms with Crippen molar-refractivity contribution in [3.05, 3.63) is 0 Å². The van der Waals surface area contributed by atoms with Crippen LogP contribution in [0.2, 0.25) is 0 Å². The number of thioether (sulfide) groups is 1. The van der Waals surface area contributed by atoms with Crippen LogP contribution in [0.4, 0.5) is 0 Å². The average molecular weight is 225 g/mol. The fraction of sp³-hybridized carbons (Fsp3) is 1.00. The van der Waals surface area contributed by atoms with Crippen LogP contribution in [0, 0.1) is 0 Å². The second-order valence-corrected chi connectivity index (χ2v) is 7.07. The molecule has 4 atom stereocenters. The van der Waals surface area contributed by atoms with Crippen LogP contribution in [-0.4, -0.2) is 34.5 Å². The number of fused-ring (bicyclic) bond motifs is 2. The topological polar surface area (TPSA) is 3.24 Å². The Kier molecular flexibility index (Phi) is 2.99. The third-order valence-electron chi connectivity index (χ3n) is 4.73. The van der Waals surface area contributed by atoms with Crippen LogP contribution in [0.3, 0.4) is 0 Å². The molecule has 3 rings (SSSR count). The van der Waals surface area contributed by atoms with E-state index in [2.05, 4.69) is 23.7 Å². The van der Waals surface area contributed by atoms with Crippen molar-refractivity contribution in [1.82, 2.24) is 4.90 Å². The molecule has 0 N–H and O–H groups in total. The molecular weight excluding hydrogens is 202 g/mol. The monoisotopic (exact) mass is 225 g/mol. The summed E-state index contributed by atoms with van der Waals surface area (Å²) < 4.78 is 0. The quantitative estimate of drug-likeness (QED) is 0.622. The first-order chi connectivity index (χ1) is 7.36. The Morgan fingerprint density at radius 1 is 0.800 bits per heavy atom. The van der Waals surface area contributed by atoms with Gasteiger partial charge in [0.05, 0.1) is 0 Å². The lowest BCUT2D eigenvalue weighted by Crippen LogP contribution is -2.56. The molecule has 2 unspecified atom stereocenters. The number of hydrogen-bond donors (Lipinski definition) is 0. The molecule has 0 spiro atoms. The van der Waals surface area contributed by atoms with Crippen LogP contribution in [0.15, 0.2) is 0 Å². The van der Waals surface area contributed by atoms with E-state index >= 15 is 0 Å². The number of nitrogens with zero attached hydrogens (tertiary/aromatic N) is 1. The zero-order valence-corrected chi connectivity index (χ0v) is 10.6. The molecule has 0 aromatic rings. The maximum absolute atomic E-state index is 2.77. The average Bonchev–Trinajstić information content (AvgIpc) is 2.30. The predicted octanol–water partition coefficient (Wildman–Crippen LogP) is 3.29.